The molecule has 0 unspecified atom stereocenters. The molecule has 1 heterocycles. The van der Waals surface area contributed by atoms with Gasteiger partial charge in [0.05, 0.1) is 11.6 Å². The van der Waals surface area contributed by atoms with Crippen LogP contribution in [0.2, 0.25) is 0 Å². The van der Waals surface area contributed by atoms with Gasteiger partial charge in [0.1, 0.15) is 5.75 Å². The van der Waals surface area contributed by atoms with Crippen molar-refractivity contribution in [1.29, 1.82) is 0 Å². The second-order valence-electron chi connectivity index (χ2n) is 6.13. The third-order valence-corrected chi connectivity index (χ3v) is 4.57. The average molecular weight is 285 g/mol. The highest BCUT2D eigenvalue weighted by Gasteiger charge is 2.39. The minimum absolute atomic E-state index is 0.380. The van der Waals surface area contributed by atoms with Crippen LogP contribution in [-0.2, 0) is 5.54 Å². The number of ether oxygens (including phenoxy) is 1. The largest absolute Gasteiger partial charge is 0.490 e. The summed E-state index contributed by atoms with van der Waals surface area (Å²) < 4.78 is 11.2. The Morgan fingerprint density at radius 1 is 1.14 bits per heavy atom. The predicted molar refractivity (Wildman–Crippen MR) is 77.7 cm³/mol. The first-order valence-electron chi connectivity index (χ1n) is 7.63. The van der Waals surface area contributed by atoms with Crippen molar-refractivity contribution in [3.63, 3.8) is 0 Å². The number of hydrogen-bond donors (Lipinski definition) is 1. The monoisotopic (exact) mass is 285 g/mol. The Hall–Kier alpha value is -1.88. The van der Waals surface area contributed by atoms with Crippen molar-refractivity contribution in [2.24, 2.45) is 5.73 Å². The van der Waals surface area contributed by atoms with Crippen molar-refractivity contribution in [3.8, 4) is 17.2 Å². The fourth-order valence-corrected chi connectivity index (χ4v) is 2.68. The zero-order chi connectivity index (χ0) is 14.3. The Labute approximate surface area is 123 Å². The SMILES string of the molecule is NC1(c2noc(-c3ccc(OC4CCC4)cc3)n2)CCC1. The van der Waals surface area contributed by atoms with Crippen LogP contribution < -0.4 is 10.5 Å². The van der Waals surface area contributed by atoms with Gasteiger partial charge in [-0.3, -0.25) is 0 Å². The lowest BCUT2D eigenvalue weighted by molar-refractivity contribution is 0.120. The van der Waals surface area contributed by atoms with Crippen LogP contribution in [0.3, 0.4) is 0 Å². The fourth-order valence-electron chi connectivity index (χ4n) is 2.68. The quantitative estimate of drug-likeness (QED) is 0.934. The third-order valence-electron chi connectivity index (χ3n) is 4.57. The summed E-state index contributed by atoms with van der Waals surface area (Å²) in [5.41, 5.74) is 6.73. The van der Waals surface area contributed by atoms with Crippen molar-refractivity contribution in [3.05, 3.63) is 30.1 Å². The van der Waals surface area contributed by atoms with Gasteiger partial charge in [0.2, 0.25) is 0 Å². The molecule has 110 valence electrons. The normalized spacial score (nSPS) is 20.6. The van der Waals surface area contributed by atoms with Crippen molar-refractivity contribution >= 4 is 0 Å². The van der Waals surface area contributed by atoms with Crippen LogP contribution >= 0.6 is 0 Å². The zero-order valence-corrected chi connectivity index (χ0v) is 11.9. The maximum Gasteiger partial charge on any atom is 0.257 e. The second kappa shape index (κ2) is 4.84. The molecule has 5 nitrogen and oxygen atoms in total. The smallest absolute Gasteiger partial charge is 0.257 e. The van der Waals surface area contributed by atoms with E-state index >= 15 is 0 Å². The topological polar surface area (TPSA) is 74.2 Å². The van der Waals surface area contributed by atoms with Crippen LogP contribution in [0.4, 0.5) is 0 Å². The number of benzene rings is 1. The summed E-state index contributed by atoms with van der Waals surface area (Å²) in [4.78, 5) is 4.45. The molecule has 2 aliphatic carbocycles. The van der Waals surface area contributed by atoms with E-state index in [2.05, 4.69) is 10.1 Å². The van der Waals surface area contributed by atoms with Gasteiger partial charge in [-0.25, -0.2) is 0 Å². The molecule has 2 saturated carbocycles. The molecular weight excluding hydrogens is 266 g/mol. The van der Waals surface area contributed by atoms with E-state index in [9.17, 15) is 0 Å². The summed E-state index contributed by atoms with van der Waals surface area (Å²) in [5, 5.41) is 4.04. The Morgan fingerprint density at radius 2 is 1.90 bits per heavy atom. The second-order valence-corrected chi connectivity index (χ2v) is 6.13. The van der Waals surface area contributed by atoms with Crippen molar-refractivity contribution < 1.29 is 9.26 Å². The van der Waals surface area contributed by atoms with Gasteiger partial charge < -0.3 is 15.0 Å². The lowest BCUT2D eigenvalue weighted by Crippen LogP contribution is -2.44. The van der Waals surface area contributed by atoms with E-state index in [1.54, 1.807) is 0 Å². The van der Waals surface area contributed by atoms with Gasteiger partial charge in [0.25, 0.3) is 5.89 Å². The summed E-state index contributed by atoms with van der Waals surface area (Å²) in [7, 11) is 0. The molecule has 2 aliphatic rings. The molecule has 2 fully saturated rings. The first-order chi connectivity index (χ1) is 10.2. The molecule has 0 amide bonds. The molecule has 1 aromatic heterocycles. The molecule has 2 aromatic rings. The Balaban J connectivity index is 1.50. The summed E-state index contributed by atoms with van der Waals surface area (Å²) in [6.45, 7) is 0. The molecule has 1 aromatic carbocycles. The number of nitrogens with two attached hydrogens (primary N) is 1. The number of nitrogens with zero attached hydrogens (tertiary/aromatic N) is 2. The average Bonchev–Trinajstić information content (AvgIpc) is 2.91. The molecule has 0 spiro atoms. The maximum absolute atomic E-state index is 6.21. The first-order valence-corrected chi connectivity index (χ1v) is 7.63. The molecule has 21 heavy (non-hydrogen) atoms. The summed E-state index contributed by atoms with van der Waals surface area (Å²) >= 11 is 0. The highest BCUT2D eigenvalue weighted by atomic mass is 16.5. The van der Waals surface area contributed by atoms with Gasteiger partial charge in [-0.15, -0.1) is 0 Å². The molecule has 0 atom stereocenters. The van der Waals surface area contributed by atoms with Gasteiger partial charge in [-0.05, 0) is 62.8 Å². The van der Waals surface area contributed by atoms with Gasteiger partial charge >= 0.3 is 0 Å². The molecular formula is C16H19N3O2. The molecule has 0 saturated heterocycles. The van der Waals surface area contributed by atoms with Crippen molar-refractivity contribution in [2.75, 3.05) is 0 Å². The van der Waals surface area contributed by atoms with Crippen LogP contribution in [-0.4, -0.2) is 16.2 Å². The highest BCUT2D eigenvalue weighted by Crippen LogP contribution is 2.37. The van der Waals surface area contributed by atoms with Crippen LogP contribution in [0.1, 0.15) is 44.3 Å². The zero-order valence-electron chi connectivity index (χ0n) is 11.9. The van der Waals surface area contributed by atoms with Gasteiger partial charge in [-0.2, -0.15) is 4.98 Å². The maximum atomic E-state index is 6.21. The van der Waals surface area contributed by atoms with Gasteiger partial charge in [0, 0.05) is 5.56 Å². The number of aromatic nitrogens is 2. The van der Waals surface area contributed by atoms with Crippen LogP contribution in [0.5, 0.6) is 5.75 Å². The lowest BCUT2D eigenvalue weighted by Gasteiger charge is -2.34. The van der Waals surface area contributed by atoms with Crippen molar-refractivity contribution in [2.45, 2.75) is 50.2 Å². The summed E-state index contributed by atoms with van der Waals surface area (Å²) in [6.07, 6.45) is 6.98. The van der Waals surface area contributed by atoms with Crippen LogP contribution in [0, 0.1) is 0 Å². The minimum atomic E-state index is -0.380. The van der Waals surface area contributed by atoms with E-state index in [1.165, 1.54) is 6.42 Å². The van der Waals surface area contributed by atoms with Crippen molar-refractivity contribution in [1.82, 2.24) is 10.1 Å². The van der Waals surface area contributed by atoms with E-state index in [4.69, 9.17) is 15.0 Å². The molecule has 4 rings (SSSR count). The van der Waals surface area contributed by atoms with Crippen LogP contribution in [0.15, 0.2) is 28.8 Å². The van der Waals surface area contributed by atoms with E-state index in [0.29, 0.717) is 17.8 Å². The molecule has 0 aliphatic heterocycles. The Morgan fingerprint density at radius 3 is 2.48 bits per heavy atom. The molecule has 2 N–H and O–H groups in total. The van der Waals surface area contributed by atoms with Crippen LogP contribution in [0.25, 0.3) is 11.5 Å². The third kappa shape index (κ3) is 2.31. The van der Waals surface area contributed by atoms with E-state index in [0.717, 1.165) is 43.4 Å². The summed E-state index contributed by atoms with van der Waals surface area (Å²) in [6, 6.07) is 7.82. The van der Waals surface area contributed by atoms with Gasteiger partial charge in [-0.1, -0.05) is 5.16 Å². The highest BCUT2D eigenvalue weighted by molar-refractivity contribution is 5.54. The fraction of sp³-hybridized carbons (Fsp3) is 0.500. The van der Waals surface area contributed by atoms with E-state index in [-0.39, 0.29) is 5.54 Å². The summed E-state index contributed by atoms with van der Waals surface area (Å²) in [5.74, 6) is 2.05. The Bertz CT molecular complexity index is 627. The Kier molecular flexibility index (Phi) is 2.96. The standard InChI is InChI=1S/C16H19N3O2/c17-16(9-2-10-16)15-18-14(21-19-15)11-5-7-13(8-6-11)20-12-3-1-4-12/h5-8,12H,1-4,9-10,17H2. The molecule has 0 radical (unpaired) electrons. The first kappa shape index (κ1) is 12.8. The predicted octanol–water partition coefficient (Wildman–Crippen LogP) is 3.01. The number of rotatable bonds is 4. The minimum Gasteiger partial charge on any atom is -0.490 e. The van der Waals surface area contributed by atoms with E-state index < -0.39 is 0 Å². The van der Waals surface area contributed by atoms with E-state index in [1.807, 2.05) is 24.3 Å². The molecule has 0 bridgehead atoms. The van der Waals surface area contributed by atoms with Gasteiger partial charge in [0.15, 0.2) is 5.82 Å². The lowest BCUT2D eigenvalue weighted by atomic mass is 9.77. The number of hydrogen-bond acceptors (Lipinski definition) is 5. The molecule has 5 heteroatoms.